The van der Waals surface area contributed by atoms with Crippen molar-refractivity contribution in [2.45, 2.75) is 71.1 Å². The molecule has 19 heavy (non-hydrogen) atoms. The van der Waals surface area contributed by atoms with Gasteiger partial charge >= 0.3 is 5.97 Å². The summed E-state index contributed by atoms with van der Waals surface area (Å²) in [5.74, 6) is -0.325. The highest BCUT2D eigenvalue weighted by Gasteiger charge is 2.19. The van der Waals surface area contributed by atoms with Crippen LogP contribution in [0.3, 0.4) is 0 Å². The summed E-state index contributed by atoms with van der Waals surface area (Å²) in [6.07, 6.45) is 9.65. The highest BCUT2D eigenvalue weighted by atomic mass is 32.1. The van der Waals surface area contributed by atoms with Crippen LogP contribution in [0.1, 0.15) is 86.4 Å². The van der Waals surface area contributed by atoms with E-state index in [1.165, 1.54) is 49.9 Å². The Labute approximate surface area is 120 Å². The first-order valence-electron chi connectivity index (χ1n) is 7.51. The third-order valence-corrected chi connectivity index (χ3v) is 4.56. The van der Waals surface area contributed by atoms with Crippen molar-refractivity contribution in [2.75, 3.05) is 0 Å². The molecule has 0 radical (unpaired) electrons. The van der Waals surface area contributed by atoms with Crippen LogP contribution in [0.15, 0.2) is 11.4 Å². The Morgan fingerprint density at radius 3 is 2.47 bits per heavy atom. The second kappa shape index (κ2) is 9.13. The van der Waals surface area contributed by atoms with E-state index in [0.29, 0.717) is 10.8 Å². The second-order valence-corrected chi connectivity index (χ2v) is 6.11. The molecular weight excluding hydrogens is 256 g/mol. The van der Waals surface area contributed by atoms with E-state index in [0.717, 1.165) is 18.4 Å². The van der Waals surface area contributed by atoms with Crippen LogP contribution in [-0.2, 0) is 0 Å². The van der Waals surface area contributed by atoms with Crippen LogP contribution in [0.5, 0.6) is 0 Å². The molecule has 1 N–H and O–H groups in total. The summed E-state index contributed by atoms with van der Waals surface area (Å²) in [4.78, 5) is 11.8. The third kappa shape index (κ3) is 5.35. The van der Waals surface area contributed by atoms with Crippen molar-refractivity contribution >= 4 is 17.3 Å². The monoisotopic (exact) mass is 282 g/mol. The van der Waals surface area contributed by atoms with Gasteiger partial charge in [-0.1, -0.05) is 52.4 Å². The molecule has 0 aliphatic carbocycles. The standard InChI is InChI=1S/C16H26O2S/c1-3-5-7-8-10-13(9-6-4-2)14-11-12-19-15(14)16(17)18/h11-13H,3-10H2,1-2H3,(H,17,18). The minimum atomic E-state index is -0.764. The summed E-state index contributed by atoms with van der Waals surface area (Å²) in [6.45, 7) is 4.41. The van der Waals surface area contributed by atoms with Crippen LogP contribution in [-0.4, -0.2) is 11.1 Å². The van der Waals surface area contributed by atoms with Crippen LogP contribution >= 0.6 is 11.3 Å². The molecule has 108 valence electrons. The van der Waals surface area contributed by atoms with Crippen molar-refractivity contribution in [3.8, 4) is 0 Å². The maximum absolute atomic E-state index is 11.2. The molecule has 0 saturated carbocycles. The zero-order valence-electron chi connectivity index (χ0n) is 12.2. The number of carbonyl (C=O) groups is 1. The molecule has 1 heterocycles. The predicted octanol–water partition coefficient (Wildman–Crippen LogP) is 5.69. The Morgan fingerprint density at radius 2 is 1.84 bits per heavy atom. The maximum Gasteiger partial charge on any atom is 0.346 e. The SMILES string of the molecule is CCCCCCC(CCCC)c1ccsc1C(=O)O. The molecule has 0 aliphatic heterocycles. The van der Waals surface area contributed by atoms with Gasteiger partial charge in [0.1, 0.15) is 4.88 Å². The topological polar surface area (TPSA) is 37.3 Å². The molecule has 0 aliphatic rings. The molecule has 2 nitrogen and oxygen atoms in total. The van der Waals surface area contributed by atoms with Gasteiger partial charge < -0.3 is 5.11 Å². The van der Waals surface area contributed by atoms with E-state index >= 15 is 0 Å². The van der Waals surface area contributed by atoms with Crippen LogP contribution in [0.2, 0.25) is 0 Å². The van der Waals surface area contributed by atoms with E-state index in [9.17, 15) is 9.90 Å². The van der Waals surface area contributed by atoms with Gasteiger partial charge in [0, 0.05) is 0 Å². The number of hydrogen-bond donors (Lipinski definition) is 1. The molecule has 0 saturated heterocycles. The van der Waals surface area contributed by atoms with Crippen LogP contribution in [0.4, 0.5) is 0 Å². The number of carboxylic acid groups (broad SMARTS) is 1. The van der Waals surface area contributed by atoms with Crippen LogP contribution < -0.4 is 0 Å². The smallest absolute Gasteiger partial charge is 0.346 e. The molecule has 1 rings (SSSR count). The fraction of sp³-hybridized carbons (Fsp3) is 0.688. The normalized spacial score (nSPS) is 12.5. The summed E-state index contributed by atoms with van der Waals surface area (Å²) in [7, 11) is 0. The molecule has 0 bridgehead atoms. The lowest BCUT2D eigenvalue weighted by molar-refractivity contribution is 0.0700. The summed E-state index contributed by atoms with van der Waals surface area (Å²) in [5.41, 5.74) is 1.07. The summed E-state index contributed by atoms with van der Waals surface area (Å²) in [5, 5.41) is 11.2. The van der Waals surface area contributed by atoms with Gasteiger partial charge in [-0.15, -0.1) is 11.3 Å². The Balaban J connectivity index is 2.66. The highest BCUT2D eigenvalue weighted by molar-refractivity contribution is 7.12. The van der Waals surface area contributed by atoms with Gasteiger partial charge in [-0.3, -0.25) is 0 Å². The van der Waals surface area contributed by atoms with Crippen molar-refractivity contribution < 1.29 is 9.90 Å². The number of aromatic carboxylic acids is 1. The minimum absolute atomic E-state index is 0.439. The Kier molecular flexibility index (Phi) is 7.80. The first kappa shape index (κ1) is 16.2. The maximum atomic E-state index is 11.2. The van der Waals surface area contributed by atoms with Gasteiger partial charge in [-0.2, -0.15) is 0 Å². The first-order valence-corrected chi connectivity index (χ1v) is 8.39. The number of hydrogen-bond acceptors (Lipinski definition) is 2. The van der Waals surface area contributed by atoms with Crippen LogP contribution in [0, 0.1) is 0 Å². The number of thiophene rings is 1. The minimum Gasteiger partial charge on any atom is -0.477 e. The van der Waals surface area contributed by atoms with Gasteiger partial charge in [-0.25, -0.2) is 4.79 Å². The number of rotatable bonds is 10. The van der Waals surface area contributed by atoms with Gasteiger partial charge in [0.05, 0.1) is 0 Å². The van der Waals surface area contributed by atoms with Crippen molar-refractivity contribution in [3.63, 3.8) is 0 Å². The van der Waals surface area contributed by atoms with Gasteiger partial charge in [-0.05, 0) is 35.8 Å². The van der Waals surface area contributed by atoms with Gasteiger partial charge in [0.25, 0.3) is 0 Å². The third-order valence-electron chi connectivity index (χ3n) is 3.64. The van der Waals surface area contributed by atoms with Crippen molar-refractivity contribution in [3.05, 3.63) is 21.9 Å². The molecule has 1 unspecified atom stereocenters. The largest absolute Gasteiger partial charge is 0.477 e. The quantitative estimate of drug-likeness (QED) is 0.560. The Morgan fingerprint density at radius 1 is 1.16 bits per heavy atom. The molecule has 1 aromatic rings. The van der Waals surface area contributed by atoms with Crippen molar-refractivity contribution in [2.24, 2.45) is 0 Å². The summed E-state index contributed by atoms with van der Waals surface area (Å²) in [6, 6.07) is 2.02. The zero-order chi connectivity index (χ0) is 14.1. The van der Waals surface area contributed by atoms with E-state index in [1.807, 2.05) is 11.4 Å². The molecule has 0 spiro atoms. The molecular formula is C16H26O2S. The number of carboxylic acids is 1. The van der Waals surface area contributed by atoms with E-state index in [1.54, 1.807) is 0 Å². The number of unbranched alkanes of at least 4 members (excludes halogenated alkanes) is 4. The molecule has 0 aromatic carbocycles. The molecule has 3 heteroatoms. The zero-order valence-corrected chi connectivity index (χ0v) is 13.0. The summed E-state index contributed by atoms with van der Waals surface area (Å²) >= 11 is 1.36. The lowest BCUT2D eigenvalue weighted by Crippen LogP contribution is -2.04. The second-order valence-electron chi connectivity index (χ2n) is 5.20. The van der Waals surface area contributed by atoms with Crippen molar-refractivity contribution in [1.29, 1.82) is 0 Å². The van der Waals surface area contributed by atoms with Crippen LogP contribution in [0.25, 0.3) is 0 Å². The van der Waals surface area contributed by atoms with Gasteiger partial charge in [0.2, 0.25) is 0 Å². The predicted molar refractivity (Wildman–Crippen MR) is 82.3 cm³/mol. The molecule has 0 amide bonds. The van der Waals surface area contributed by atoms with E-state index in [4.69, 9.17) is 0 Å². The highest BCUT2D eigenvalue weighted by Crippen LogP contribution is 2.33. The lowest BCUT2D eigenvalue weighted by Gasteiger charge is -2.16. The summed E-state index contributed by atoms with van der Waals surface area (Å²) < 4.78 is 0. The molecule has 1 aromatic heterocycles. The van der Waals surface area contributed by atoms with E-state index < -0.39 is 5.97 Å². The lowest BCUT2D eigenvalue weighted by atomic mass is 9.89. The van der Waals surface area contributed by atoms with Gasteiger partial charge in [0.15, 0.2) is 0 Å². The fourth-order valence-electron chi connectivity index (χ4n) is 2.54. The average Bonchev–Trinajstić information content (AvgIpc) is 2.87. The average molecular weight is 282 g/mol. The fourth-order valence-corrected chi connectivity index (χ4v) is 3.36. The first-order chi connectivity index (χ1) is 9.20. The Bertz CT molecular complexity index is 371. The van der Waals surface area contributed by atoms with Crippen molar-refractivity contribution in [1.82, 2.24) is 0 Å². The molecule has 1 atom stereocenters. The van der Waals surface area contributed by atoms with E-state index in [2.05, 4.69) is 13.8 Å². The van der Waals surface area contributed by atoms with E-state index in [-0.39, 0.29) is 0 Å². The Hall–Kier alpha value is -0.830. The molecule has 0 fully saturated rings.